The minimum absolute atomic E-state index is 0.111. The third kappa shape index (κ3) is 9.43. The van der Waals surface area contributed by atoms with Gasteiger partial charge in [0, 0.05) is 0 Å². The number of carbonyl (C=O) groups excluding carboxylic acids is 1. The van der Waals surface area contributed by atoms with Crippen LogP contribution in [0.3, 0.4) is 0 Å². The molecule has 1 aliphatic carbocycles. The highest BCUT2D eigenvalue weighted by molar-refractivity contribution is 5.82. The van der Waals surface area contributed by atoms with Gasteiger partial charge in [0.2, 0.25) is 0 Å². The molecular weight excluding hydrogens is 252 g/mol. The smallest absolute Gasteiger partial charge is 0.303 e. The quantitative estimate of drug-likeness (QED) is 0.405. The van der Waals surface area contributed by atoms with Gasteiger partial charge in [0.15, 0.2) is 0 Å². The molecule has 2 N–H and O–H groups in total. The van der Waals surface area contributed by atoms with Crippen LogP contribution in [0.15, 0.2) is 24.3 Å². The summed E-state index contributed by atoms with van der Waals surface area (Å²) in [7, 11) is 0. The van der Waals surface area contributed by atoms with Crippen LogP contribution in [0.25, 0.3) is 0 Å². The standard InChI is InChI=1S/C17H23O3/c1-14(18)7-6-10-16(19)8-4-2-3-5-9-17(20)13-15-11-12-15/h2-3,5,9,15-17,19-20H,1,6-7,10-13H2/q+1/b3-2+,9-5+. The zero-order chi connectivity index (χ0) is 14.8. The van der Waals surface area contributed by atoms with Crippen molar-refractivity contribution in [2.24, 2.45) is 5.92 Å². The first-order chi connectivity index (χ1) is 9.58. The maximum atomic E-state index is 10.6. The largest absolute Gasteiger partial charge is 0.389 e. The van der Waals surface area contributed by atoms with Crippen LogP contribution in [-0.2, 0) is 4.79 Å². The van der Waals surface area contributed by atoms with Crippen molar-refractivity contribution in [1.29, 1.82) is 0 Å². The summed E-state index contributed by atoms with van der Waals surface area (Å²) in [5.41, 5.74) is 0. The molecule has 3 nitrogen and oxygen atoms in total. The molecule has 0 bridgehead atoms. The number of Topliss-reactive ketones (excluding diaryl/α,β-unsaturated/α-hetero) is 1. The predicted molar refractivity (Wildman–Crippen MR) is 79.6 cm³/mol. The van der Waals surface area contributed by atoms with Crippen LogP contribution in [0.4, 0.5) is 0 Å². The van der Waals surface area contributed by atoms with Crippen LogP contribution in [0.5, 0.6) is 0 Å². The lowest BCUT2D eigenvalue weighted by molar-refractivity contribution is -0.115. The van der Waals surface area contributed by atoms with Gasteiger partial charge in [-0.25, -0.2) is 4.79 Å². The first-order valence-corrected chi connectivity index (χ1v) is 7.13. The molecule has 2 unspecified atom stereocenters. The molecule has 20 heavy (non-hydrogen) atoms. The van der Waals surface area contributed by atoms with Crippen molar-refractivity contribution in [3.8, 4) is 11.8 Å². The van der Waals surface area contributed by atoms with E-state index in [2.05, 4.69) is 18.8 Å². The van der Waals surface area contributed by atoms with Gasteiger partial charge >= 0.3 is 5.78 Å². The Kier molecular flexibility index (Phi) is 7.79. The highest BCUT2D eigenvalue weighted by Crippen LogP contribution is 2.33. The Balaban J connectivity index is 2.13. The topological polar surface area (TPSA) is 57.5 Å². The minimum Gasteiger partial charge on any atom is -0.389 e. The van der Waals surface area contributed by atoms with Crippen LogP contribution in [-0.4, -0.2) is 28.2 Å². The third-order valence-electron chi connectivity index (χ3n) is 3.08. The van der Waals surface area contributed by atoms with Crippen molar-refractivity contribution in [1.82, 2.24) is 0 Å². The van der Waals surface area contributed by atoms with Crippen molar-refractivity contribution >= 4 is 5.78 Å². The molecule has 0 aliphatic heterocycles. The number of aliphatic hydroxyl groups is 2. The predicted octanol–water partition coefficient (Wildman–Crippen LogP) is 2.20. The van der Waals surface area contributed by atoms with E-state index in [4.69, 9.17) is 0 Å². The van der Waals surface area contributed by atoms with Gasteiger partial charge in [-0.3, -0.25) is 0 Å². The monoisotopic (exact) mass is 275 g/mol. The molecular formula is C17H23O3+. The molecule has 3 heteroatoms. The lowest BCUT2D eigenvalue weighted by atomic mass is 10.1. The van der Waals surface area contributed by atoms with E-state index in [1.165, 1.54) is 12.8 Å². The second kappa shape index (κ2) is 9.41. The van der Waals surface area contributed by atoms with Crippen molar-refractivity contribution in [2.45, 2.75) is 50.7 Å². The molecule has 108 valence electrons. The summed E-state index contributed by atoms with van der Waals surface area (Å²) in [6, 6.07) is 0. The Morgan fingerprint density at radius 1 is 1.35 bits per heavy atom. The van der Waals surface area contributed by atoms with Crippen molar-refractivity contribution in [3.05, 3.63) is 31.2 Å². The molecule has 1 rings (SSSR count). The molecule has 0 saturated heterocycles. The normalized spacial score (nSPS) is 17.9. The van der Waals surface area contributed by atoms with Gasteiger partial charge in [-0.15, -0.1) is 0 Å². The maximum absolute atomic E-state index is 10.6. The Morgan fingerprint density at radius 3 is 2.75 bits per heavy atom. The van der Waals surface area contributed by atoms with E-state index in [-0.39, 0.29) is 11.9 Å². The van der Waals surface area contributed by atoms with Crippen molar-refractivity contribution in [3.63, 3.8) is 0 Å². The maximum Gasteiger partial charge on any atom is 0.303 e. The first-order valence-electron chi connectivity index (χ1n) is 7.13. The van der Waals surface area contributed by atoms with E-state index in [0.29, 0.717) is 25.2 Å². The number of hydrogen-bond donors (Lipinski definition) is 2. The fourth-order valence-electron chi connectivity index (χ4n) is 1.78. The van der Waals surface area contributed by atoms with Gasteiger partial charge in [-0.1, -0.05) is 42.9 Å². The summed E-state index contributed by atoms with van der Waals surface area (Å²) >= 11 is 0. The molecule has 0 amide bonds. The minimum atomic E-state index is -0.705. The van der Waals surface area contributed by atoms with Crippen LogP contribution in [0.1, 0.15) is 38.5 Å². The second-order valence-corrected chi connectivity index (χ2v) is 5.23. The number of allylic oxidation sites excluding steroid dienone is 3. The van der Waals surface area contributed by atoms with E-state index in [0.717, 1.165) is 6.42 Å². The average molecular weight is 275 g/mol. The van der Waals surface area contributed by atoms with Crippen LogP contribution in [0, 0.1) is 24.7 Å². The first kappa shape index (κ1) is 16.6. The molecule has 0 aromatic carbocycles. The zero-order valence-corrected chi connectivity index (χ0v) is 11.8. The van der Waals surface area contributed by atoms with Crippen LogP contribution < -0.4 is 0 Å². The molecule has 0 spiro atoms. The Bertz CT molecular complexity index is 408. The van der Waals surface area contributed by atoms with Gasteiger partial charge in [0.1, 0.15) is 13.0 Å². The van der Waals surface area contributed by atoms with Gasteiger partial charge in [0.25, 0.3) is 0 Å². The average Bonchev–Trinajstić information content (AvgIpc) is 3.17. The van der Waals surface area contributed by atoms with E-state index < -0.39 is 6.10 Å². The lowest BCUT2D eigenvalue weighted by Crippen LogP contribution is -2.03. The Labute approximate surface area is 121 Å². The number of ketones is 1. The molecule has 1 aliphatic rings. The van der Waals surface area contributed by atoms with E-state index in [9.17, 15) is 15.0 Å². The summed E-state index contributed by atoms with van der Waals surface area (Å²) in [5.74, 6) is 6.01. The number of aliphatic hydroxyl groups excluding tert-OH is 2. The molecule has 1 fully saturated rings. The van der Waals surface area contributed by atoms with Crippen LogP contribution in [0.2, 0.25) is 0 Å². The SMILES string of the molecule is [CH2+]C(=O)CCCC(O)C#C/C=C/C=C/C(O)CC1CC1. The van der Waals surface area contributed by atoms with Gasteiger partial charge in [0.05, 0.1) is 12.5 Å². The fourth-order valence-corrected chi connectivity index (χ4v) is 1.78. The summed E-state index contributed by atoms with van der Waals surface area (Å²) in [6.07, 6.45) is 10.6. The third-order valence-corrected chi connectivity index (χ3v) is 3.08. The van der Waals surface area contributed by atoms with E-state index in [1.54, 1.807) is 24.3 Å². The summed E-state index contributed by atoms with van der Waals surface area (Å²) in [4.78, 5) is 10.6. The van der Waals surface area contributed by atoms with Gasteiger partial charge in [-0.2, -0.15) is 0 Å². The van der Waals surface area contributed by atoms with Gasteiger partial charge in [-0.05, 0) is 31.3 Å². The van der Waals surface area contributed by atoms with E-state index >= 15 is 0 Å². The molecule has 0 aromatic heterocycles. The number of hydrogen-bond acceptors (Lipinski definition) is 3. The highest BCUT2D eigenvalue weighted by Gasteiger charge is 2.23. The molecule has 0 aromatic rings. The zero-order valence-electron chi connectivity index (χ0n) is 11.8. The Hall–Kier alpha value is -1.50. The van der Waals surface area contributed by atoms with Crippen LogP contribution >= 0.6 is 0 Å². The summed E-state index contributed by atoms with van der Waals surface area (Å²) in [5, 5.41) is 19.1. The summed E-state index contributed by atoms with van der Waals surface area (Å²) < 4.78 is 0. The molecule has 2 atom stereocenters. The fraction of sp³-hybridized carbons (Fsp3) is 0.529. The van der Waals surface area contributed by atoms with Crippen molar-refractivity contribution in [2.75, 3.05) is 0 Å². The number of rotatable bonds is 8. The summed E-state index contributed by atoms with van der Waals surface area (Å²) in [6.45, 7) is 3.27. The lowest BCUT2D eigenvalue weighted by Gasteiger charge is -2.01. The highest BCUT2D eigenvalue weighted by atomic mass is 16.3. The molecule has 1 saturated carbocycles. The van der Waals surface area contributed by atoms with E-state index in [1.807, 2.05) is 0 Å². The Morgan fingerprint density at radius 2 is 2.10 bits per heavy atom. The van der Waals surface area contributed by atoms with Gasteiger partial charge < -0.3 is 10.2 Å². The molecule has 0 radical (unpaired) electrons. The number of carbonyl (C=O) groups is 1. The second-order valence-electron chi connectivity index (χ2n) is 5.23. The van der Waals surface area contributed by atoms with Crippen molar-refractivity contribution < 1.29 is 15.0 Å². The molecule has 0 heterocycles.